The Morgan fingerprint density at radius 3 is 2.95 bits per heavy atom. The first-order chi connectivity index (χ1) is 10.6. The van der Waals surface area contributed by atoms with E-state index in [0.29, 0.717) is 25.4 Å². The number of carbonyl (C=O) groups is 2. The van der Waals surface area contributed by atoms with Gasteiger partial charge in [-0.1, -0.05) is 19.9 Å². The van der Waals surface area contributed by atoms with E-state index in [0.717, 1.165) is 25.8 Å². The average Bonchev–Trinajstić information content (AvgIpc) is 3.03. The van der Waals surface area contributed by atoms with Crippen molar-refractivity contribution < 1.29 is 9.59 Å². The van der Waals surface area contributed by atoms with E-state index >= 15 is 0 Å². The van der Waals surface area contributed by atoms with Crippen LogP contribution in [0.15, 0.2) is 17.5 Å². The summed E-state index contributed by atoms with van der Waals surface area (Å²) in [5.74, 6) is 0.688. The number of likely N-dealkylation sites (tertiary alicyclic amines) is 1. The summed E-state index contributed by atoms with van der Waals surface area (Å²) < 4.78 is 0. The largest absolute Gasteiger partial charge is 0.356 e. The van der Waals surface area contributed by atoms with Crippen molar-refractivity contribution in [2.24, 2.45) is 11.8 Å². The lowest BCUT2D eigenvalue weighted by molar-refractivity contribution is -0.135. The number of thiophene rings is 1. The Bertz CT molecular complexity index is 485. The van der Waals surface area contributed by atoms with Gasteiger partial charge in [0.2, 0.25) is 11.8 Å². The molecule has 2 heterocycles. The molecule has 1 aromatic heterocycles. The summed E-state index contributed by atoms with van der Waals surface area (Å²) in [7, 11) is 0. The van der Waals surface area contributed by atoms with Crippen molar-refractivity contribution in [3.8, 4) is 0 Å². The smallest absolute Gasteiger partial charge is 0.224 e. The van der Waals surface area contributed by atoms with Gasteiger partial charge in [0, 0.05) is 30.9 Å². The summed E-state index contributed by atoms with van der Waals surface area (Å²) >= 11 is 1.69. The molecule has 0 unspecified atom stereocenters. The molecule has 0 radical (unpaired) electrons. The summed E-state index contributed by atoms with van der Waals surface area (Å²) in [6.45, 7) is 6.25. The second kappa shape index (κ2) is 8.32. The number of rotatable bonds is 6. The molecule has 0 aromatic carbocycles. The number of nitrogens with zero attached hydrogens (tertiary/aromatic N) is 1. The zero-order chi connectivity index (χ0) is 15.9. The number of amides is 2. The van der Waals surface area contributed by atoms with Crippen molar-refractivity contribution >= 4 is 23.2 Å². The van der Waals surface area contributed by atoms with Gasteiger partial charge in [0.25, 0.3) is 0 Å². The van der Waals surface area contributed by atoms with Crippen LogP contribution in [0.3, 0.4) is 0 Å². The summed E-state index contributed by atoms with van der Waals surface area (Å²) in [5.41, 5.74) is 0. The third-order valence-corrected chi connectivity index (χ3v) is 4.93. The highest BCUT2D eigenvalue weighted by Gasteiger charge is 2.28. The first-order valence-corrected chi connectivity index (χ1v) is 9.02. The van der Waals surface area contributed by atoms with E-state index in [4.69, 9.17) is 0 Å². The maximum Gasteiger partial charge on any atom is 0.224 e. The van der Waals surface area contributed by atoms with E-state index in [1.165, 1.54) is 4.88 Å². The SMILES string of the molecule is CC(C)CNC(=O)[C@@H]1CCCN(C(=O)CCc2cccs2)C1. The highest BCUT2D eigenvalue weighted by Crippen LogP contribution is 2.19. The molecule has 0 spiro atoms. The minimum atomic E-state index is -0.0433. The van der Waals surface area contributed by atoms with Gasteiger partial charge in [0.15, 0.2) is 0 Å². The van der Waals surface area contributed by atoms with Gasteiger partial charge in [-0.2, -0.15) is 0 Å². The predicted octanol–water partition coefficient (Wildman–Crippen LogP) is 2.69. The maximum absolute atomic E-state index is 12.3. The summed E-state index contributed by atoms with van der Waals surface area (Å²) in [6.07, 6.45) is 3.15. The van der Waals surface area contributed by atoms with Crippen LogP contribution in [0.25, 0.3) is 0 Å². The monoisotopic (exact) mass is 322 g/mol. The standard InChI is InChI=1S/C17H26N2O2S/c1-13(2)11-18-17(21)14-5-3-9-19(12-14)16(20)8-7-15-6-4-10-22-15/h4,6,10,13-14H,3,5,7-9,11-12H2,1-2H3,(H,18,21)/t14-/m1/s1. The Balaban J connectivity index is 1.79. The van der Waals surface area contributed by atoms with Crippen LogP contribution in [0, 0.1) is 11.8 Å². The molecule has 1 fully saturated rings. The van der Waals surface area contributed by atoms with Crippen LogP contribution in [0.2, 0.25) is 0 Å². The first kappa shape index (κ1) is 17.0. The van der Waals surface area contributed by atoms with Crippen molar-refractivity contribution in [3.63, 3.8) is 0 Å². The van der Waals surface area contributed by atoms with E-state index in [-0.39, 0.29) is 17.7 Å². The molecule has 1 N–H and O–H groups in total. The molecule has 0 saturated carbocycles. The summed E-state index contributed by atoms with van der Waals surface area (Å²) in [4.78, 5) is 27.6. The van der Waals surface area contributed by atoms with Gasteiger partial charge in [0.05, 0.1) is 5.92 Å². The van der Waals surface area contributed by atoms with Crippen LogP contribution < -0.4 is 5.32 Å². The zero-order valence-electron chi connectivity index (χ0n) is 13.5. The molecule has 22 heavy (non-hydrogen) atoms. The fourth-order valence-corrected chi connectivity index (χ4v) is 3.42. The molecule has 1 saturated heterocycles. The van der Waals surface area contributed by atoms with E-state index in [1.54, 1.807) is 11.3 Å². The molecule has 1 aromatic rings. The van der Waals surface area contributed by atoms with Crippen molar-refractivity contribution in [1.29, 1.82) is 0 Å². The average molecular weight is 322 g/mol. The lowest BCUT2D eigenvalue weighted by Crippen LogP contribution is -2.46. The molecular formula is C17H26N2O2S. The van der Waals surface area contributed by atoms with Crippen molar-refractivity contribution in [3.05, 3.63) is 22.4 Å². The highest BCUT2D eigenvalue weighted by molar-refractivity contribution is 7.09. The molecule has 5 heteroatoms. The zero-order valence-corrected chi connectivity index (χ0v) is 14.3. The number of hydrogen-bond acceptors (Lipinski definition) is 3. The highest BCUT2D eigenvalue weighted by atomic mass is 32.1. The van der Waals surface area contributed by atoms with Crippen LogP contribution in [-0.4, -0.2) is 36.3 Å². The third kappa shape index (κ3) is 5.13. The summed E-state index contributed by atoms with van der Waals surface area (Å²) in [6, 6.07) is 4.08. The normalized spacial score (nSPS) is 18.5. The molecule has 1 aliphatic heterocycles. The molecular weight excluding hydrogens is 296 g/mol. The lowest BCUT2D eigenvalue weighted by atomic mass is 9.96. The Labute approximate surface area is 136 Å². The molecule has 0 bridgehead atoms. The topological polar surface area (TPSA) is 49.4 Å². The van der Waals surface area contributed by atoms with Crippen LogP contribution >= 0.6 is 11.3 Å². The van der Waals surface area contributed by atoms with Crippen LogP contribution in [0.4, 0.5) is 0 Å². The van der Waals surface area contributed by atoms with Crippen LogP contribution in [0.1, 0.15) is 38.0 Å². The number of nitrogens with one attached hydrogen (secondary N) is 1. The van der Waals surface area contributed by atoms with Gasteiger partial charge in [-0.25, -0.2) is 0 Å². The third-order valence-electron chi connectivity index (χ3n) is 3.99. The molecule has 1 atom stereocenters. The molecule has 2 rings (SSSR count). The second-order valence-corrected chi connectivity index (χ2v) is 7.43. The van der Waals surface area contributed by atoms with E-state index in [9.17, 15) is 9.59 Å². The van der Waals surface area contributed by atoms with Gasteiger partial charge < -0.3 is 10.2 Å². The predicted molar refractivity (Wildman–Crippen MR) is 89.8 cm³/mol. The number of aryl methyl sites for hydroxylation is 1. The maximum atomic E-state index is 12.3. The Morgan fingerprint density at radius 2 is 2.27 bits per heavy atom. The number of hydrogen-bond donors (Lipinski definition) is 1. The van der Waals surface area contributed by atoms with E-state index in [2.05, 4.69) is 25.2 Å². The summed E-state index contributed by atoms with van der Waals surface area (Å²) in [5, 5.41) is 5.03. The first-order valence-electron chi connectivity index (χ1n) is 8.14. The van der Waals surface area contributed by atoms with Gasteiger partial charge in [-0.15, -0.1) is 11.3 Å². The van der Waals surface area contributed by atoms with E-state index in [1.807, 2.05) is 16.3 Å². The molecule has 122 valence electrons. The Hall–Kier alpha value is -1.36. The number of carbonyl (C=O) groups excluding carboxylic acids is 2. The van der Waals surface area contributed by atoms with E-state index < -0.39 is 0 Å². The second-order valence-electron chi connectivity index (χ2n) is 6.40. The molecule has 0 aliphatic carbocycles. The molecule has 2 amide bonds. The van der Waals surface area contributed by atoms with Crippen molar-refractivity contribution in [1.82, 2.24) is 10.2 Å². The fraction of sp³-hybridized carbons (Fsp3) is 0.647. The molecule has 4 nitrogen and oxygen atoms in total. The van der Waals surface area contributed by atoms with Crippen molar-refractivity contribution in [2.45, 2.75) is 39.5 Å². The Kier molecular flexibility index (Phi) is 6.43. The van der Waals surface area contributed by atoms with Gasteiger partial charge >= 0.3 is 0 Å². The minimum Gasteiger partial charge on any atom is -0.356 e. The fourth-order valence-electron chi connectivity index (χ4n) is 2.71. The van der Waals surface area contributed by atoms with Gasteiger partial charge in [0.1, 0.15) is 0 Å². The van der Waals surface area contributed by atoms with Gasteiger partial charge in [-0.3, -0.25) is 9.59 Å². The lowest BCUT2D eigenvalue weighted by Gasteiger charge is -2.32. The Morgan fingerprint density at radius 1 is 1.45 bits per heavy atom. The van der Waals surface area contributed by atoms with Crippen molar-refractivity contribution in [2.75, 3.05) is 19.6 Å². The minimum absolute atomic E-state index is 0.0433. The van der Waals surface area contributed by atoms with Gasteiger partial charge in [-0.05, 0) is 36.6 Å². The van der Waals surface area contributed by atoms with Crippen LogP contribution in [0.5, 0.6) is 0 Å². The molecule has 1 aliphatic rings. The number of piperidine rings is 1. The quantitative estimate of drug-likeness (QED) is 0.875. The van der Waals surface area contributed by atoms with Crippen LogP contribution in [-0.2, 0) is 16.0 Å².